The van der Waals surface area contributed by atoms with Crippen LogP contribution in [0.15, 0.2) is 42.6 Å². The molecule has 9 nitrogen and oxygen atoms in total. The average Bonchev–Trinajstić information content (AvgIpc) is 3.39. The second-order valence-electron chi connectivity index (χ2n) is 10.1. The first-order valence-corrected chi connectivity index (χ1v) is 13.1. The Balaban J connectivity index is 1.54. The van der Waals surface area contributed by atoms with Gasteiger partial charge in [-0.25, -0.2) is 9.97 Å². The van der Waals surface area contributed by atoms with Gasteiger partial charge in [-0.1, -0.05) is 12.1 Å². The molecule has 4 aromatic rings. The van der Waals surface area contributed by atoms with Crippen molar-refractivity contribution >= 4 is 39.0 Å². The van der Waals surface area contributed by atoms with E-state index in [0.717, 1.165) is 37.9 Å². The van der Waals surface area contributed by atoms with E-state index in [1.807, 2.05) is 50.2 Å². The highest BCUT2D eigenvalue weighted by Gasteiger charge is 2.48. The molecular weight excluding hydrogens is 488 g/mol. The van der Waals surface area contributed by atoms with Crippen LogP contribution in [0, 0.1) is 19.8 Å². The maximum absolute atomic E-state index is 10.9. The maximum Gasteiger partial charge on any atom is 0.229 e. The van der Waals surface area contributed by atoms with E-state index in [9.17, 15) is 10.2 Å². The van der Waals surface area contributed by atoms with Gasteiger partial charge < -0.3 is 25.6 Å². The zero-order chi connectivity index (χ0) is 26.3. The topological polar surface area (TPSA) is 125 Å². The summed E-state index contributed by atoms with van der Waals surface area (Å²) in [5, 5.41) is 29.2. The Labute approximate surface area is 220 Å². The zero-order valence-electron chi connectivity index (χ0n) is 21.6. The Morgan fingerprint density at radius 1 is 1.08 bits per heavy atom. The highest BCUT2D eigenvalue weighted by atomic mass is 32.1. The van der Waals surface area contributed by atoms with Gasteiger partial charge in [-0.3, -0.25) is 4.98 Å². The molecule has 0 spiro atoms. The Morgan fingerprint density at radius 2 is 1.81 bits per heavy atom. The van der Waals surface area contributed by atoms with Gasteiger partial charge in [-0.15, -0.1) is 11.3 Å². The molecule has 1 aliphatic carbocycles. The standard InChI is InChI=1S/C27H32N6O3S/c1-14-10-16(11-15(2)29-14)30-26-28-13-17(25-32-19-8-6-7-9-21(19)37-25)24(33-26)31-20-12-18(27(3,4)35)22(34)23(20)36-5/h6-11,13,18,20,22-23,34-35H,12H2,1-5H3,(H2,28,29,30,31,33)/t18-,20+,22+,23-/m0/s1. The van der Waals surface area contributed by atoms with Crippen molar-refractivity contribution in [2.75, 3.05) is 17.7 Å². The summed E-state index contributed by atoms with van der Waals surface area (Å²) in [5.74, 6) is 0.640. The third-order valence-corrected chi connectivity index (χ3v) is 7.88. The summed E-state index contributed by atoms with van der Waals surface area (Å²) in [7, 11) is 1.57. The molecule has 1 saturated carbocycles. The summed E-state index contributed by atoms with van der Waals surface area (Å²) in [5.41, 5.74) is 3.24. The molecule has 3 heterocycles. The van der Waals surface area contributed by atoms with Gasteiger partial charge in [0.05, 0.1) is 33.5 Å². The van der Waals surface area contributed by atoms with Crippen molar-refractivity contribution in [3.63, 3.8) is 0 Å². The van der Waals surface area contributed by atoms with E-state index in [-0.39, 0.29) is 12.0 Å². The molecule has 1 fully saturated rings. The molecule has 0 saturated heterocycles. The maximum atomic E-state index is 10.9. The highest BCUT2D eigenvalue weighted by Crippen LogP contribution is 2.40. The van der Waals surface area contributed by atoms with Crippen molar-refractivity contribution in [1.29, 1.82) is 0 Å². The minimum Gasteiger partial charge on any atom is -0.390 e. The minimum atomic E-state index is -1.06. The second kappa shape index (κ2) is 9.94. The third-order valence-electron chi connectivity index (χ3n) is 6.81. The number of hydrogen-bond acceptors (Lipinski definition) is 10. The van der Waals surface area contributed by atoms with Crippen LogP contribution in [-0.2, 0) is 4.74 Å². The molecule has 37 heavy (non-hydrogen) atoms. The molecule has 4 N–H and O–H groups in total. The molecule has 10 heteroatoms. The molecule has 0 radical (unpaired) electrons. The first kappa shape index (κ1) is 25.5. The van der Waals surface area contributed by atoms with Gasteiger partial charge in [0.15, 0.2) is 0 Å². The number of nitrogens with one attached hydrogen (secondary N) is 2. The largest absolute Gasteiger partial charge is 0.390 e. The first-order chi connectivity index (χ1) is 17.6. The Bertz CT molecular complexity index is 1370. The molecule has 0 aliphatic heterocycles. The van der Waals surface area contributed by atoms with Gasteiger partial charge in [0.1, 0.15) is 16.9 Å². The Kier molecular flexibility index (Phi) is 6.84. The van der Waals surface area contributed by atoms with Crippen LogP contribution in [0.4, 0.5) is 17.5 Å². The van der Waals surface area contributed by atoms with Crippen molar-refractivity contribution in [2.24, 2.45) is 5.92 Å². The minimum absolute atomic E-state index is 0.280. The molecule has 0 unspecified atom stereocenters. The van der Waals surface area contributed by atoms with E-state index in [1.165, 1.54) is 0 Å². The molecule has 0 bridgehead atoms. The summed E-state index contributed by atoms with van der Waals surface area (Å²) in [6, 6.07) is 11.6. The van der Waals surface area contributed by atoms with E-state index in [1.54, 1.807) is 38.5 Å². The summed E-state index contributed by atoms with van der Waals surface area (Å²) in [6.45, 7) is 7.32. The van der Waals surface area contributed by atoms with Gasteiger partial charge >= 0.3 is 0 Å². The number of anilines is 3. The van der Waals surface area contributed by atoms with Gasteiger partial charge in [0.2, 0.25) is 5.95 Å². The second-order valence-corrected chi connectivity index (χ2v) is 11.2. The van der Waals surface area contributed by atoms with E-state index in [0.29, 0.717) is 18.2 Å². The molecule has 0 amide bonds. The monoisotopic (exact) mass is 520 g/mol. The van der Waals surface area contributed by atoms with Gasteiger partial charge in [0.25, 0.3) is 0 Å². The van der Waals surface area contributed by atoms with Crippen molar-refractivity contribution in [1.82, 2.24) is 19.9 Å². The van der Waals surface area contributed by atoms with E-state index < -0.39 is 17.8 Å². The quantitative estimate of drug-likeness (QED) is 0.279. The molecule has 3 aromatic heterocycles. The number of ether oxygens (including phenoxy) is 1. The van der Waals surface area contributed by atoms with Gasteiger partial charge in [0, 0.05) is 36.3 Å². The Morgan fingerprint density at radius 3 is 2.49 bits per heavy atom. The van der Waals surface area contributed by atoms with Crippen LogP contribution < -0.4 is 10.6 Å². The van der Waals surface area contributed by atoms with E-state index in [4.69, 9.17) is 14.7 Å². The molecule has 4 atom stereocenters. The lowest BCUT2D eigenvalue weighted by molar-refractivity contribution is -0.0696. The average molecular weight is 521 g/mol. The number of hydrogen-bond donors (Lipinski definition) is 4. The molecule has 5 rings (SSSR count). The number of fused-ring (bicyclic) bond motifs is 1. The first-order valence-electron chi connectivity index (χ1n) is 12.3. The lowest BCUT2D eigenvalue weighted by Gasteiger charge is -2.28. The van der Waals surface area contributed by atoms with Crippen LogP contribution in [-0.4, -0.2) is 61.1 Å². The number of aliphatic hydroxyl groups excluding tert-OH is 1. The summed E-state index contributed by atoms with van der Waals surface area (Å²) < 4.78 is 6.75. The van der Waals surface area contributed by atoms with Gasteiger partial charge in [-0.05, 0) is 58.4 Å². The zero-order valence-corrected chi connectivity index (χ0v) is 22.4. The van der Waals surface area contributed by atoms with Gasteiger partial charge in [-0.2, -0.15) is 4.98 Å². The number of aromatic nitrogens is 4. The fourth-order valence-corrected chi connectivity index (χ4v) is 6.05. The van der Waals surface area contributed by atoms with Crippen LogP contribution in [0.5, 0.6) is 0 Å². The number of nitrogens with zero attached hydrogens (tertiary/aromatic N) is 4. The third kappa shape index (κ3) is 5.28. The SMILES string of the molecule is CO[C@@H]1[C@H](O)[C@@H](C(C)(C)O)C[C@H]1Nc1nc(Nc2cc(C)nc(C)c2)ncc1-c1nc2ccccc2s1. The number of aryl methyl sites for hydroxylation is 2. The number of rotatable bonds is 7. The van der Waals surface area contributed by atoms with E-state index in [2.05, 4.69) is 20.6 Å². The fraction of sp³-hybridized carbons (Fsp3) is 0.407. The molecule has 194 valence electrons. The van der Waals surface area contributed by atoms with Crippen LogP contribution in [0.1, 0.15) is 31.7 Å². The number of benzene rings is 1. The normalized spacial score (nSPS) is 21.9. The van der Waals surface area contributed by atoms with Crippen LogP contribution in [0.25, 0.3) is 20.8 Å². The Hall–Kier alpha value is -3.18. The summed E-state index contributed by atoms with van der Waals surface area (Å²) in [6.07, 6.45) is 0.932. The number of thiazole rings is 1. The van der Waals surface area contributed by atoms with Crippen molar-refractivity contribution < 1.29 is 14.9 Å². The smallest absolute Gasteiger partial charge is 0.229 e. The van der Waals surface area contributed by atoms with Crippen molar-refractivity contribution in [3.05, 3.63) is 54.0 Å². The van der Waals surface area contributed by atoms with Crippen LogP contribution in [0.2, 0.25) is 0 Å². The van der Waals surface area contributed by atoms with E-state index >= 15 is 0 Å². The lowest BCUT2D eigenvalue weighted by Crippen LogP contribution is -2.41. The number of aliphatic hydroxyl groups is 2. The summed E-state index contributed by atoms with van der Waals surface area (Å²) in [4.78, 5) is 18.7. The molecular formula is C27H32N6O3S. The number of para-hydroxylation sites is 1. The highest BCUT2D eigenvalue weighted by molar-refractivity contribution is 7.21. The molecule has 1 aliphatic rings. The predicted molar refractivity (Wildman–Crippen MR) is 146 cm³/mol. The fourth-order valence-electron chi connectivity index (χ4n) is 5.07. The molecule has 1 aromatic carbocycles. The van der Waals surface area contributed by atoms with Crippen LogP contribution in [0.3, 0.4) is 0 Å². The van der Waals surface area contributed by atoms with Crippen molar-refractivity contribution in [3.8, 4) is 10.6 Å². The number of pyridine rings is 1. The van der Waals surface area contributed by atoms with Crippen molar-refractivity contribution in [2.45, 2.75) is 58.0 Å². The van der Waals surface area contributed by atoms with Crippen LogP contribution >= 0.6 is 11.3 Å². The number of methoxy groups -OCH3 is 1. The summed E-state index contributed by atoms with van der Waals surface area (Å²) >= 11 is 1.57. The lowest BCUT2D eigenvalue weighted by atomic mass is 9.88. The predicted octanol–water partition coefficient (Wildman–Crippen LogP) is 4.46.